The highest BCUT2D eigenvalue weighted by Gasteiger charge is 2.24. The van der Waals surface area contributed by atoms with Gasteiger partial charge in [-0.25, -0.2) is 9.78 Å². The number of carbonyl (C=O) groups is 2. The molecule has 4 rings (SSSR count). The molecule has 6 nitrogen and oxygen atoms in total. The Morgan fingerprint density at radius 2 is 1.84 bits per heavy atom. The van der Waals surface area contributed by atoms with Gasteiger partial charge in [0, 0.05) is 18.5 Å². The number of esters is 1. The molecule has 1 amide bonds. The Labute approximate surface area is 143 Å². The minimum Gasteiger partial charge on any atom is -0.441 e. The van der Waals surface area contributed by atoms with Gasteiger partial charge in [-0.2, -0.15) is 0 Å². The number of fused-ring (bicyclic) bond motifs is 1. The molecule has 0 radical (unpaired) electrons. The Bertz CT molecular complexity index is 955. The minimum absolute atomic E-state index is 0.120. The maximum atomic E-state index is 12.4. The number of hydrogen-bond acceptors (Lipinski definition) is 5. The average molecular weight is 336 g/mol. The molecular weight excluding hydrogens is 320 g/mol. The van der Waals surface area contributed by atoms with Crippen molar-refractivity contribution in [2.24, 2.45) is 0 Å². The van der Waals surface area contributed by atoms with Crippen molar-refractivity contribution >= 4 is 23.0 Å². The van der Waals surface area contributed by atoms with Gasteiger partial charge in [0.25, 0.3) is 5.91 Å². The molecule has 1 N–H and O–H groups in total. The second-order valence-corrected chi connectivity index (χ2v) is 6.05. The third-order valence-corrected chi connectivity index (χ3v) is 3.99. The third-order valence-electron chi connectivity index (χ3n) is 3.99. The monoisotopic (exact) mass is 336 g/mol. The highest BCUT2D eigenvalue weighted by molar-refractivity contribution is 5.97. The van der Waals surface area contributed by atoms with E-state index in [0.29, 0.717) is 39.9 Å². The zero-order valence-corrected chi connectivity index (χ0v) is 13.6. The van der Waals surface area contributed by atoms with Gasteiger partial charge in [0.05, 0.1) is 5.56 Å². The van der Waals surface area contributed by atoms with E-state index in [0.717, 1.165) is 12.8 Å². The van der Waals surface area contributed by atoms with Gasteiger partial charge in [-0.3, -0.25) is 4.79 Å². The van der Waals surface area contributed by atoms with E-state index in [1.165, 1.54) is 0 Å². The SMILES string of the molecule is Cc1nc2c(OC(=O)c3ccc(C(=O)NC4CC4)cc3)cccc2o1. The topological polar surface area (TPSA) is 81.4 Å². The highest BCUT2D eigenvalue weighted by atomic mass is 16.5. The Morgan fingerprint density at radius 1 is 1.12 bits per heavy atom. The zero-order chi connectivity index (χ0) is 17.4. The predicted octanol–water partition coefficient (Wildman–Crippen LogP) is 3.25. The van der Waals surface area contributed by atoms with E-state index in [1.54, 1.807) is 49.4 Å². The number of aromatic nitrogens is 1. The maximum Gasteiger partial charge on any atom is 0.343 e. The lowest BCUT2D eigenvalue weighted by Gasteiger charge is -2.06. The van der Waals surface area contributed by atoms with Crippen molar-refractivity contribution in [3.05, 3.63) is 59.5 Å². The fraction of sp³-hybridized carbons (Fsp3) is 0.211. The molecule has 1 aliphatic carbocycles. The number of para-hydroxylation sites is 1. The molecule has 1 aromatic heterocycles. The fourth-order valence-corrected chi connectivity index (χ4v) is 2.53. The van der Waals surface area contributed by atoms with E-state index in [-0.39, 0.29) is 5.91 Å². The normalized spacial score (nSPS) is 13.6. The fourth-order valence-electron chi connectivity index (χ4n) is 2.53. The summed E-state index contributed by atoms with van der Waals surface area (Å²) in [6, 6.07) is 11.9. The quantitative estimate of drug-likeness (QED) is 0.584. The predicted molar refractivity (Wildman–Crippen MR) is 90.6 cm³/mol. The number of amides is 1. The summed E-state index contributed by atoms with van der Waals surface area (Å²) in [6.45, 7) is 1.73. The number of carbonyl (C=O) groups excluding carboxylic acids is 2. The van der Waals surface area contributed by atoms with Gasteiger partial charge >= 0.3 is 5.97 Å². The number of hydrogen-bond donors (Lipinski definition) is 1. The number of nitrogens with one attached hydrogen (secondary N) is 1. The summed E-state index contributed by atoms with van der Waals surface area (Å²) in [6.07, 6.45) is 2.06. The summed E-state index contributed by atoms with van der Waals surface area (Å²) in [5, 5.41) is 2.91. The molecular formula is C19H16N2O4. The molecule has 0 spiro atoms. The summed E-state index contributed by atoms with van der Waals surface area (Å²) >= 11 is 0. The van der Waals surface area contributed by atoms with Crippen LogP contribution < -0.4 is 10.1 Å². The molecule has 0 atom stereocenters. The van der Waals surface area contributed by atoms with Crippen LogP contribution in [0.2, 0.25) is 0 Å². The summed E-state index contributed by atoms with van der Waals surface area (Å²) in [5.41, 5.74) is 1.96. The molecule has 6 heteroatoms. The van der Waals surface area contributed by atoms with Gasteiger partial charge in [0.2, 0.25) is 0 Å². The third kappa shape index (κ3) is 3.24. The molecule has 1 saturated carbocycles. The van der Waals surface area contributed by atoms with Crippen LogP contribution in [0.15, 0.2) is 46.9 Å². The Hall–Kier alpha value is -3.15. The van der Waals surface area contributed by atoms with Crippen LogP contribution in [-0.4, -0.2) is 22.9 Å². The second-order valence-electron chi connectivity index (χ2n) is 6.05. The maximum absolute atomic E-state index is 12.4. The van der Waals surface area contributed by atoms with Crippen LogP contribution >= 0.6 is 0 Å². The van der Waals surface area contributed by atoms with Crippen molar-refractivity contribution in [3.8, 4) is 5.75 Å². The smallest absolute Gasteiger partial charge is 0.343 e. The molecule has 126 valence electrons. The van der Waals surface area contributed by atoms with Gasteiger partial charge < -0.3 is 14.5 Å². The number of ether oxygens (including phenoxy) is 1. The summed E-state index contributed by atoms with van der Waals surface area (Å²) in [7, 11) is 0. The lowest BCUT2D eigenvalue weighted by atomic mass is 10.1. The van der Waals surface area contributed by atoms with Crippen molar-refractivity contribution in [1.29, 1.82) is 0 Å². The average Bonchev–Trinajstić information content (AvgIpc) is 3.33. The first-order valence-corrected chi connectivity index (χ1v) is 8.09. The first kappa shape index (κ1) is 15.4. The lowest BCUT2D eigenvalue weighted by molar-refractivity contribution is 0.0736. The van der Waals surface area contributed by atoms with Gasteiger partial charge in [0.15, 0.2) is 22.7 Å². The molecule has 3 aromatic rings. The number of benzene rings is 2. The Balaban J connectivity index is 1.51. The van der Waals surface area contributed by atoms with Crippen LogP contribution in [0.3, 0.4) is 0 Å². The summed E-state index contributed by atoms with van der Waals surface area (Å²) < 4.78 is 10.9. The van der Waals surface area contributed by atoms with Crippen LogP contribution in [0.1, 0.15) is 39.4 Å². The summed E-state index contributed by atoms with van der Waals surface area (Å²) in [4.78, 5) is 28.6. The molecule has 0 saturated heterocycles. The van der Waals surface area contributed by atoms with E-state index in [1.807, 2.05) is 0 Å². The Morgan fingerprint density at radius 3 is 2.56 bits per heavy atom. The van der Waals surface area contributed by atoms with Crippen molar-refractivity contribution in [1.82, 2.24) is 10.3 Å². The minimum atomic E-state index is -0.512. The van der Waals surface area contributed by atoms with Crippen LogP contribution in [-0.2, 0) is 0 Å². The van der Waals surface area contributed by atoms with E-state index in [9.17, 15) is 9.59 Å². The number of aryl methyl sites for hydroxylation is 1. The molecule has 2 aromatic carbocycles. The Kier molecular flexibility index (Phi) is 3.72. The van der Waals surface area contributed by atoms with Crippen LogP contribution in [0, 0.1) is 6.92 Å². The first-order chi connectivity index (χ1) is 12.1. The van der Waals surface area contributed by atoms with Gasteiger partial charge in [0.1, 0.15) is 0 Å². The number of rotatable bonds is 4. The van der Waals surface area contributed by atoms with Crippen LogP contribution in [0.25, 0.3) is 11.1 Å². The second kappa shape index (κ2) is 6.05. The van der Waals surface area contributed by atoms with E-state index < -0.39 is 5.97 Å². The molecule has 1 fully saturated rings. The molecule has 0 unspecified atom stereocenters. The standard InChI is InChI=1S/C19H16N2O4/c1-11-20-17-15(24-11)3-2-4-16(17)25-19(23)13-7-5-12(6-8-13)18(22)21-14-9-10-14/h2-8,14H,9-10H2,1H3,(H,21,22). The van der Waals surface area contributed by atoms with Crippen molar-refractivity contribution in [2.75, 3.05) is 0 Å². The summed E-state index contributed by atoms with van der Waals surface area (Å²) in [5.74, 6) is 0.215. The van der Waals surface area contributed by atoms with E-state index in [2.05, 4.69) is 10.3 Å². The largest absolute Gasteiger partial charge is 0.441 e. The van der Waals surface area contributed by atoms with Crippen molar-refractivity contribution < 1.29 is 18.7 Å². The zero-order valence-electron chi connectivity index (χ0n) is 13.6. The lowest BCUT2D eigenvalue weighted by Crippen LogP contribution is -2.25. The van der Waals surface area contributed by atoms with E-state index in [4.69, 9.17) is 9.15 Å². The van der Waals surface area contributed by atoms with Gasteiger partial charge in [-0.05, 0) is 49.2 Å². The van der Waals surface area contributed by atoms with Gasteiger partial charge in [-0.15, -0.1) is 0 Å². The van der Waals surface area contributed by atoms with Crippen LogP contribution in [0.5, 0.6) is 5.75 Å². The highest BCUT2D eigenvalue weighted by Crippen LogP contribution is 2.26. The molecule has 1 aliphatic rings. The molecule has 0 bridgehead atoms. The first-order valence-electron chi connectivity index (χ1n) is 8.09. The number of oxazole rings is 1. The van der Waals surface area contributed by atoms with Crippen molar-refractivity contribution in [3.63, 3.8) is 0 Å². The molecule has 1 heterocycles. The molecule has 0 aliphatic heterocycles. The molecule has 25 heavy (non-hydrogen) atoms. The van der Waals surface area contributed by atoms with Crippen molar-refractivity contribution in [2.45, 2.75) is 25.8 Å². The van der Waals surface area contributed by atoms with Crippen LogP contribution in [0.4, 0.5) is 0 Å². The van der Waals surface area contributed by atoms with Gasteiger partial charge in [-0.1, -0.05) is 6.07 Å². The number of nitrogens with zero attached hydrogens (tertiary/aromatic N) is 1. The van der Waals surface area contributed by atoms with E-state index >= 15 is 0 Å².